The fourth-order valence-electron chi connectivity index (χ4n) is 3.38. The first kappa shape index (κ1) is 23.3. The second kappa shape index (κ2) is 9.86. The van der Waals surface area contributed by atoms with Crippen LogP contribution in [-0.4, -0.2) is 49.0 Å². The topological polar surface area (TPSA) is 84.7 Å². The molecule has 9 heteroatoms. The molecule has 0 spiro atoms. The lowest BCUT2D eigenvalue weighted by molar-refractivity contribution is -0.130. The van der Waals surface area contributed by atoms with Gasteiger partial charge in [-0.25, -0.2) is 13.4 Å². The van der Waals surface area contributed by atoms with E-state index in [0.717, 1.165) is 10.00 Å². The molecule has 0 aliphatic rings. The van der Waals surface area contributed by atoms with Crippen LogP contribution in [0.2, 0.25) is 0 Å². The van der Waals surface area contributed by atoms with Crippen molar-refractivity contribution in [3.8, 4) is 5.88 Å². The molecule has 0 atom stereocenters. The molecule has 32 heavy (non-hydrogen) atoms. The molecular weight excluding hydrogens is 428 g/mol. The molecule has 170 valence electrons. The summed E-state index contributed by atoms with van der Waals surface area (Å²) in [6.07, 6.45) is 3.31. The van der Waals surface area contributed by atoms with E-state index in [0.29, 0.717) is 24.5 Å². The number of ether oxygens (including phenoxy) is 1. The third kappa shape index (κ3) is 4.94. The SMILES string of the molecule is CCN(Cc1cccn1C)C(=O)CN(c1ccc(OC)nc1)S(=O)(=O)c1ccccc1C. The summed E-state index contributed by atoms with van der Waals surface area (Å²) in [4.78, 5) is 19.2. The number of carbonyl (C=O) groups is 1. The largest absolute Gasteiger partial charge is 0.481 e. The summed E-state index contributed by atoms with van der Waals surface area (Å²) >= 11 is 0. The minimum absolute atomic E-state index is 0.147. The summed E-state index contributed by atoms with van der Waals surface area (Å²) in [5, 5.41) is 0. The lowest BCUT2D eigenvalue weighted by atomic mass is 10.2. The van der Waals surface area contributed by atoms with Crippen molar-refractivity contribution in [2.75, 3.05) is 24.5 Å². The van der Waals surface area contributed by atoms with Gasteiger partial charge in [0.15, 0.2) is 0 Å². The van der Waals surface area contributed by atoms with Crippen LogP contribution in [0.1, 0.15) is 18.2 Å². The zero-order valence-electron chi connectivity index (χ0n) is 18.7. The van der Waals surface area contributed by atoms with Crippen LogP contribution in [0.5, 0.6) is 5.88 Å². The number of amides is 1. The monoisotopic (exact) mass is 456 g/mol. The maximum absolute atomic E-state index is 13.6. The van der Waals surface area contributed by atoms with Crippen LogP contribution in [0.25, 0.3) is 0 Å². The number of likely N-dealkylation sites (N-methyl/N-ethyl adjacent to an activating group) is 1. The van der Waals surface area contributed by atoms with Crippen molar-refractivity contribution in [3.05, 3.63) is 72.2 Å². The van der Waals surface area contributed by atoms with Gasteiger partial charge in [-0.1, -0.05) is 18.2 Å². The van der Waals surface area contributed by atoms with Crippen LogP contribution in [0.3, 0.4) is 0 Å². The van der Waals surface area contributed by atoms with Crippen LogP contribution in [-0.2, 0) is 28.4 Å². The predicted octanol–water partition coefficient (Wildman–Crippen LogP) is 2.98. The lowest BCUT2D eigenvalue weighted by Gasteiger charge is -2.28. The van der Waals surface area contributed by atoms with Gasteiger partial charge in [0.1, 0.15) is 6.54 Å². The number of carbonyl (C=O) groups excluding carboxylic acids is 1. The Hall–Kier alpha value is -3.33. The van der Waals surface area contributed by atoms with E-state index >= 15 is 0 Å². The van der Waals surface area contributed by atoms with Gasteiger partial charge in [-0.2, -0.15) is 0 Å². The van der Waals surface area contributed by atoms with E-state index in [1.165, 1.54) is 13.3 Å². The molecule has 0 fully saturated rings. The smallest absolute Gasteiger partial charge is 0.265 e. The van der Waals surface area contributed by atoms with Crippen molar-refractivity contribution in [2.24, 2.45) is 7.05 Å². The Morgan fingerprint density at radius 2 is 1.88 bits per heavy atom. The molecule has 1 amide bonds. The van der Waals surface area contributed by atoms with Gasteiger partial charge < -0.3 is 14.2 Å². The number of nitrogens with zero attached hydrogens (tertiary/aromatic N) is 4. The molecule has 0 unspecified atom stereocenters. The highest BCUT2D eigenvalue weighted by Crippen LogP contribution is 2.26. The number of methoxy groups -OCH3 is 1. The van der Waals surface area contributed by atoms with E-state index in [2.05, 4.69) is 4.98 Å². The van der Waals surface area contributed by atoms with Gasteiger partial charge in [0, 0.05) is 31.5 Å². The molecule has 0 aliphatic carbocycles. The molecule has 2 heterocycles. The Kier molecular flexibility index (Phi) is 7.19. The fourth-order valence-corrected chi connectivity index (χ4v) is 5.00. The Morgan fingerprint density at radius 3 is 2.44 bits per heavy atom. The number of rotatable bonds is 9. The molecule has 0 bridgehead atoms. The van der Waals surface area contributed by atoms with E-state index in [1.54, 1.807) is 48.2 Å². The molecule has 0 N–H and O–H groups in total. The van der Waals surface area contributed by atoms with Gasteiger partial charge in [-0.05, 0) is 43.7 Å². The summed E-state index contributed by atoms with van der Waals surface area (Å²) in [5.74, 6) is 0.0499. The quantitative estimate of drug-likeness (QED) is 0.494. The van der Waals surface area contributed by atoms with E-state index in [1.807, 2.05) is 36.9 Å². The molecule has 1 aromatic carbocycles. The van der Waals surface area contributed by atoms with Gasteiger partial charge in [-0.3, -0.25) is 9.10 Å². The summed E-state index contributed by atoms with van der Waals surface area (Å²) in [5.41, 5.74) is 1.85. The minimum Gasteiger partial charge on any atom is -0.481 e. The first-order chi connectivity index (χ1) is 15.3. The van der Waals surface area contributed by atoms with Crippen LogP contribution in [0.4, 0.5) is 5.69 Å². The Bertz CT molecular complexity index is 1170. The fraction of sp³-hybridized carbons (Fsp3) is 0.304. The number of pyridine rings is 1. The van der Waals surface area contributed by atoms with Crippen molar-refractivity contribution in [1.29, 1.82) is 0 Å². The second-order valence-electron chi connectivity index (χ2n) is 7.35. The predicted molar refractivity (Wildman–Crippen MR) is 123 cm³/mol. The first-order valence-corrected chi connectivity index (χ1v) is 11.7. The van der Waals surface area contributed by atoms with E-state index < -0.39 is 10.0 Å². The van der Waals surface area contributed by atoms with Crippen molar-refractivity contribution in [3.63, 3.8) is 0 Å². The number of anilines is 1. The Labute approximate surface area is 189 Å². The third-order valence-electron chi connectivity index (χ3n) is 5.30. The minimum atomic E-state index is -4.01. The molecule has 0 radical (unpaired) electrons. The average Bonchev–Trinajstić information content (AvgIpc) is 3.20. The zero-order valence-corrected chi connectivity index (χ0v) is 19.5. The molecule has 0 aliphatic heterocycles. The van der Waals surface area contributed by atoms with Gasteiger partial charge in [0.25, 0.3) is 10.0 Å². The molecule has 0 saturated heterocycles. The molecule has 3 aromatic rings. The molecule has 2 aromatic heterocycles. The number of benzene rings is 1. The van der Waals surface area contributed by atoms with E-state index in [4.69, 9.17) is 4.74 Å². The highest BCUT2D eigenvalue weighted by Gasteiger charge is 2.30. The molecular formula is C23H28N4O4S. The first-order valence-electron chi connectivity index (χ1n) is 10.2. The van der Waals surface area contributed by atoms with Crippen LogP contribution in [0, 0.1) is 6.92 Å². The summed E-state index contributed by atoms with van der Waals surface area (Å²) in [6.45, 7) is 4.09. The zero-order chi connectivity index (χ0) is 23.3. The molecule has 0 saturated carbocycles. The normalized spacial score (nSPS) is 11.2. The highest BCUT2D eigenvalue weighted by molar-refractivity contribution is 7.93. The standard InChI is InChI=1S/C23H28N4O4S/c1-5-26(16-20-10-8-14-25(20)3)23(28)17-27(19-12-13-22(31-4)24-15-19)32(29,30)21-11-7-6-9-18(21)2/h6-15H,5,16-17H2,1-4H3. The van der Waals surface area contributed by atoms with E-state index in [-0.39, 0.29) is 23.0 Å². The van der Waals surface area contributed by atoms with Crippen molar-refractivity contribution >= 4 is 21.6 Å². The second-order valence-corrected chi connectivity index (χ2v) is 9.19. The maximum atomic E-state index is 13.6. The van der Waals surface area contributed by atoms with Crippen LogP contribution < -0.4 is 9.04 Å². The lowest BCUT2D eigenvalue weighted by Crippen LogP contribution is -2.43. The van der Waals surface area contributed by atoms with Crippen molar-refractivity contribution in [2.45, 2.75) is 25.3 Å². The van der Waals surface area contributed by atoms with E-state index in [9.17, 15) is 13.2 Å². The van der Waals surface area contributed by atoms with Gasteiger partial charge in [0.05, 0.1) is 30.4 Å². The van der Waals surface area contributed by atoms with Crippen molar-refractivity contribution < 1.29 is 17.9 Å². The summed E-state index contributed by atoms with van der Waals surface area (Å²) in [7, 11) is -0.621. The number of hydrogen-bond donors (Lipinski definition) is 0. The highest BCUT2D eigenvalue weighted by atomic mass is 32.2. The number of hydrogen-bond acceptors (Lipinski definition) is 5. The summed E-state index contributed by atoms with van der Waals surface area (Å²) in [6, 6.07) is 13.7. The number of aromatic nitrogens is 2. The van der Waals surface area contributed by atoms with Gasteiger partial charge in [0.2, 0.25) is 11.8 Å². The molecule has 8 nitrogen and oxygen atoms in total. The van der Waals surface area contributed by atoms with Crippen molar-refractivity contribution in [1.82, 2.24) is 14.5 Å². The van der Waals surface area contributed by atoms with Gasteiger partial charge >= 0.3 is 0 Å². The van der Waals surface area contributed by atoms with Crippen LogP contribution in [0.15, 0.2) is 65.8 Å². The van der Waals surface area contributed by atoms with Gasteiger partial charge in [-0.15, -0.1) is 0 Å². The molecule has 3 rings (SSSR count). The third-order valence-corrected chi connectivity index (χ3v) is 7.23. The summed E-state index contributed by atoms with van der Waals surface area (Å²) < 4.78 is 35.4. The Morgan fingerprint density at radius 1 is 1.12 bits per heavy atom. The average molecular weight is 457 g/mol. The number of aryl methyl sites for hydroxylation is 2. The maximum Gasteiger partial charge on any atom is 0.265 e. The van der Waals surface area contributed by atoms with Crippen LogP contribution >= 0.6 is 0 Å². The Balaban J connectivity index is 1.97. The number of sulfonamides is 1.